The second-order valence-corrected chi connectivity index (χ2v) is 12.8. The van der Waals surface area contributed by atoms with Gasteiger partial charge in [-0.3, -0.25) is 0 Å². The van der Waals surface area contributed by atoms with Gasteiger partial charge in [0.05, 0.1) is 19.8 Å². The molecule has 1 aromatic carbocycles. The Morgan fingerprint density at radius 3 is 2.37 bits per heavy atom. The predicted octanol–water partition coefficient (Wildman–Crippen LogP) is 4.69. The number of carbonyl (C=O) groups excluding carboxylic acids is 1. The average molecular weight is 395 g/mol. The molecule has 0 N–H and O–H groups in total. The fourth-order valence-corrected chi connectivity index (χ4v) is 3.58. The molecule has 27 heavy (non-hydrogen) atoms. The van der Waals surface area contributed by atoms with Crippen molar-refractivity contribution in [1.29, 1.82) is 0 Å². The first kappa shape index (κ1) is 23.6. The fraction of sp³-hybridized carbons (Fsp3) is 0.571. The van der Waals surface area contributed by atoms with E-state index in [0.717, 1.165) is 5.56 Å². The molecule has 0 heterocycles. The van der Waals surface area contributed by atoms with Gasteiger partial charge in [0.15, 0.2) is 8.32 Å². The highest BCUT2D eigenvalue weighted by Crippen LogP contribution is 2.37. The topological polar surface area (TPSA) is 54.0 Å². The summed E-state index contributed by atoms with van der Waals surface area (Å²) in [5.74, 6) is -0.423. The molecule has 0 bridgehead atoms. The number of hydrogen-bond donors (Lipinski definition) is 0. The molecule has 1 aromatic rings. The fourth-order valence-electron chi connectivity index (χ4n) is 2.16. The van der Waals surface area contributed by atoms with E-state index in [1.165, 1.54) is 13.2 Å². The highest BCUT2D eigenvalue weighted by atomic mass is 28.4. The van der Waals surface area contributed by atoms with Crippen molar-refractivity contribution in [2.75, 3.05) is 13.9 Å². The van der Waals surface area contributed by atoms with E-state index in [1.54, 1.807) is 6.08 Å². The van der Waals surface area contributed by atoms with Gasteiger partial charge < -0.3 is 18.6 Å². The van der Waals surface area contributed by atoms with Crippen molar-refractivity contribution in [1.82, 2.24) is 0 Å². The highest BCUT2D eigenvalue weighted by molar-refractivity contribution is 6.74. The Labute approximate surface area is 164 Å². The van der Waals surface area contributed by atoms with Crippen LogP contribution in [0.4, 0.5) is 0 Å². The first-order valence-electron chi connectivity index (χ1n) is 9.24. The van der Waals surface area contributed by atoms with Crippen LogP contribution in [-0.2, 0) is 30.0 Å². The molecule has 0 aliphatic heterocycles. The first-order valence-corrected chi connectivity index (χ1v) is 12.1. The normalized spacial score (nSPS) is 14.9. The summed E-state index contributed by atoms with van der Waals surface area (Å²) in [5, 5.41) is 0.0850. The van der Waals surface area contributed by atoms with Crippen molar-refractivity contribution in [3.05, 3.63) is 48.0 Å². The molecule has 2 atom stereocenters. The van der Waals surface area contributed by atoms with E-state index >= 15 is 0 Å². The van der Waals surface area contributed by atoms with E-state index in [0.29, 0.717) is 6.61 Å². The maximum Gasteiger partial charge on any atom is 0.330 e. The van der Waals surface area contributed by atoms with Crippen LogP contribution in [0.1, 0.15) is 33.3 Å². The summed E-state index contributed by atoms with van der Waals surface area (Å²) in [5.41, 5.74) is 1.08. The van der Waals surface area contributed by atoms with Gasteiger partial charge in [0.2, 0.25) is 0 Å². The molecule has 0 amide bonds. The summed E-state index contributed by atoms with van der Waals surface area (Å²) >= 11 is 0. The monoisotopic (exact) mass is 394 g/mol. The predicted molar refractivity (Wildman–Crippen MR) is 110 cm³/mol. The van der Waals surface area contributed by atoms with Crippen molar-refractivity contribution in [3.63, 3.8) is 0 Å². The smallest absolute Gasteiger partial charge is 0.330 e. The van der Waals surface area contributed by atoms with Crippen molar-refractivity contribution in [2.24, 2.45) is 0 Å². The Morgan fingerprint density at radius 2 is 1.81 bits per heavy atom. The zero-order valence-corrected chi connectivity index (χ0v) is 18.7. The molecule has 5 nitrogen and oxygen atoms in total. The van der Waals surface area contributed by atoms with Crippen molar-refractivity contribution >= 4 is 14.3 Å². The van der Waals surface area contributed by atoms with E-state index in [-0.39, 0.29) is 17.9 Å². The van der Waals surface area contributed by atoms with Crippen LogP contribution in [0.2, 0.25) is 18.1 Å². The largest absolute Gasteiger partial charge is 0.466 e. The molecule has 0 saturated heterocycles. The number of rotatable bonds is 10. The van der Waals surface area contributed by atoms with E-state index < -0.39 is 20.4 Å². The average Bonchev–Trinajstić information content (AvgIpc) is 2.60. The van der Waals surface area contributed by atoms with E-state index in [4.69, 9.17) is 13.9 Å². The lowest BCUT2D eigenvalue weighted by atomic mass is 10.2. The number of hydrogen-bond acceptors (Lipinski definition) is 5. The molecule has 0 saturated carbocycles. The summed E-state index contributed by atoms with van der Waals surface area (Å²) in [6.07, 6.45) is 2.42. The molecule has 0 fully saturated rings. The van der Waals surface area contributed by atoms with Gasteiger partial charge in [-0.15, -0.1) is 0 Å². The minimum Gasteiger partial charge on any atom is -0.466 e. The Kier molecular flexibility index (Phi) is 9.39. The number of benzene rings is 1. The molecule has 1 rings (SSSR count). The van der Waals surface area contributed by atoms with E-state index in [1.807, 2.05) is 37.3 Å². The van der Waals surface area contributed by atoms with Crippen molar-refractivity contribution in [3.8, 4) is 0 Å². The van der Waals surface area contributed by atoms with Gasteiger partial charge in [-0.1, -0.05) is 51.1 Å². The van der Waals surface area contributed by atoms with Crippen LogP contribution in [0.15, 0.2) is 42.5 Å². The zero-order chi connectivity index (χ0) is 20.5. The SMILES string of the molecule is COC(=O)/C=C/[C@@H](OCOCc1ccccc1)[C@H](C)O[Si](C)(C)C(C)(C)C. The van der Waals surface area contributed by atoms with Crippen LogP contribution in [0, 0.1) is 0 Å². The third-order valence-corrected chi connectivity index (χ3v) is 9.40. The molecule has 0 spiro atoms. The van der Waals surface area contributed by atoms with Crippen LogP contribution in [-0.4, -0.2) is 40.4 Å². The van der Waals surface area contributed by atoms with Gasteiger partial charge in [0, 0.05) is 6.08 Å². The van der Waals surface area contributed by atoms with Crippen LogP contribution in [0.5, 0.6) is 0 Å². The van der Waals surface area contributed by atoms with E-state index in [2.05, 4.69) is 38.6 Å². The molecule has 0 aromatic heterocycles. The second-order valence-electron chi connectivity index (χ2n) is 8.05. The van der Waals surface area contributed by atoms with Crippen LogP contribution < -0.4 is 0 Å². The van der Waals surface area contributed by atoms with Gasteiger partial charge in [0.25, 0.3) is 0 Å². The lowest BCUT2D eigenvalue weighted by molar-refractivity contribution is -0.135. The Hall–Kier alpha value is -1.47. The number of ether oxygens (including phenoxy) is 3. The first-order chi connectivity index (χ1) is 12.6. The van der Waals surface area contributed by atoms with Crippen molar-refractivity contribution in [2.45, 2.75) is 64.6 Å². The minimum absolute atomic E-state index is 0.0850. The Balaban J connectivity index is 2.68. The Bertz CT molecular complexity index is 592. The third kappa shape index (κ3) is 8.39. The maximum atomic E-state index is 11.5. The van der Waals surface area contributed by atoms with Crippen LogP contribution in [0.25, 0.3) is 0 Å². The highest BCUT2D eigenvalue weighted by Gasteiger charge is 2.39. The lowest BCUT2D eigenvalue weighted by Gasteiger charge is -2.39. The molecule has 6 heteroatoms. The second kappa shape index (κ2) is 10.8. The number of methoxy groups -OCH3 is 1. The van der Waals surface area contributed by atoms with Gasteiger partial charge >= 0.3 is 5.97 Å². The standard InChI is InChI=1S/C21H34O5Si/c1-17(26-27(6,7)21(2,3)4)19(13-14-20(22)23-5)25-16-24-15-18-11-9-8-10-12-18/h8-14,17,19H,15-16H2,1-7H3/b14-13+/t17-,19+/m0/s1. The molecule has 0 unspecified atom stereocenters. The molecular weight excluding hydrogens is 360 g/mol. The molecule has 152 valence electrons. The third-order valence-electron chi connectivity index (χ3n) is 4.83. The van der Waals surface area contributed by atoms with Crippen LogP contribution >= 0.6 is 0 Å². The molecular formula is C21H34O5Si. The van der Waals surface area contributed by atoms with Crippen molar-refractivity contribution < 1.29 is 23.4 Å². The number of carbonyl (C=O) groups is 1. The molecule has 0 radical (unpaired) electrons. The molecule has 0 aliphatic rings. The lowest BCUT2D eigenvalue weighted by Crippen LogP contribution is -2.46. The minimum atomic E-state index is -1.97. The number of esters is 1. The molecule has 0 aliphatic carbocycles. The Morgan fingerprint density at radius 1 is 1.19 bits per heavy atom. The summed E-state index contributed by atoms with van der Waals surface area (Å²) in [6.45, 7) is 13.5. The quantitative estimate of drug-likeness (QED) is 0.189. The zero-order valence-electron chi connectivity index (χ0n) is 17.7. The van der Waals surface area contributed by atoms with Gasteiger partial charge in [-0.25, -0.2) is 4.79 Å². The van der Waals surface area contributed by atoms with Gasteiger partial charge in [-0.2, -0.15) is 0 Å². The summed E-state index contributed by atoms with van der Waals surface area (Å²) in [6, 6.07) is 9.90. The van der Waals surface area contributed by atoms with Gasteiger partial charge in [-0.05, 0) is 36.7 Å². The maximum absolute atomic E-state index is 11.5. The van der Waals surface area contributed by atoms with Gasteiger partial charge in [0.1, 0.15) is 12.9 Å². The van der Waals surface area contributed by atoms with E-state index in [9.17, 15) is 4.79 Å². The summed E-state index contributed by atoms with van der Waals surface area (Å²) < 4.78 is 22.5. The summed E-state index contributed by atoms with van der Waals surface area (Å²) in [4.78, 5) is 11.5. The summed E-state index contributed by atoms with van der Waals surface area (Å²) in [7, 11) is -0.618. The van der Waals surface area contributed by atoms with Crippen LogP contribution in [0.3, 0.4) is 0 Å².